The monoisotopic (exact) mass is 615 g/mol. The van der Waals surface area contributed by atoms with Crippen LogP contribution in [0.2, 0.25) is 0 Å². The number of rotatable bonds is 17. The number of primary amides is 1. The van der Waals surface area contributed by atoms with Crippen molar-refractivity contribution in [2.75, 3.05) is 6.54 Å². The first-order valence-electron chi connectivity index (χ1n) is 15.0. The molecule has 3 rings (SSSR count). The van der Waals surface area contributed by atoms with Gasteiger partial charge in [-0.1, -0.05) is 86.6 Å². The van der Waals surface area contributed by atoms with Crippen molar-refractivity contribution in [3.63, 3.8) is 0 Å². The van der Waals surface area contributed by atoms with Gasteiger partial charge in [-0.05, 0) is 47.6 Å². The van der Waals surface area contributed by atoms with Crippen LogP contribution in [0.3, 0.4) is 0 Å². The van der Waals surface area contributed by atoms with E-state index in [0.29, 0.717) is 6.42 Å². The van der Waals surface area contributed by atoms with Crippen LogP contribution in [0.25, 0.3) is 10.8 Å². The van der Waals surface area contributed by atoms with Gasteiger partial charge in [-0.2, -0.15) is 0 Å². The number of hydrogen-bond donors (Lipinski definition) is 3. The van der Waals surface area contributed by atoms with Crippen molar-refractivity contribution in [3.05, 3.63) is 83.9 Å². The van der Waals surface area contributed by atoms with E-state index in [1.54, 1.807) is 0 Å². The Bertz CT molecular complexity index is 1520. The Morgan fingerprint density at radius 1 is 0.778 bits per heavy atom. The number of nitrogens with two attached hydrogens (primary N) is 1. The van der Waals surface area contributed by atoms with E-state index in [4.69, 9.17) is 10.5 Å². The molecule has 0 bridgehead atoms. The van der Waals surface area contributed by atoms with Crippen LogP contribution in [0.5, 0.6) is 0 Å². The molecule has 0 saturated carbocycles. The fourth-order valence-electron chi connectivity index (χ4n) is 4.98. The Kier molecular flexibility index (Phi) is 13.0. The highest BCUT2D eigenvalue weighted by molar-refractivity contribution is 6.38. The molecule has 0 fully saturated rings. The molecule has 0 spiro atoms. The molecule has 10 heteroatoms. The Morgan fingerprint density at radius 2 is 1.44 bits per heavy atom. The third-order valence-electron chi connectivity index (χ3n) is 7.38. The lowest BCUT2D eigenvalue weighted by atomic mass is 9.92. The summed E-state index contributed by atoms with van der Waals surface area (Å²) in [5, 5.41) is 6.84. The molecule has 10 nitrogen and oxygen atoms in total. The van der Waals surface area contributed by atoms with E-state index < -0.39 is 59.7 Å². The lowest BCUT2D eigenvalue weighted by molar-refractivity contribution is -0.148. The van der Waals surface area contributed by atoms with Crippen LogP contribution in [-0.2, 0) is 46.5 Å². The van der Waals surface area contributed by atoms with Crippen molar-refractivity contribution in [3.8, 4) is 0 Å². The van der Waals surface area contributed by atoms with Gasteiger partial charge in [0.2, 0.25) is 17.6 Å². The third kappa shape index (κ3) is 11.3. The number of carbonyl (C=O) groups is 6. The van der Waals surface area contributed by atoms with Crippen LogP contribution in [-0.4, -0.2) is 47.8 Å². The fourth-order valence-corrected chi connectivity index (χ4v) is 4.98. The summed E-state index contributed by atoms with van der Waals surface area (Å²) in [6.07, 6.45) is 0.228. The van der Waals surface area contributed by atoms with Gasteiger partial charge in [-0.25, -0.2) is 0 Å². The van der Waals surface area contributed by atoms with Gasteiger partial charge in [0.05, 0.1) is 19.0 Å². The number of nitrogens with one attached hydrogen (secondary N) is 2. The minimum absolute atomic E-state index is 0.0765. The normalized spacial score (nSPS) is 13.0. The van der Waals surface area contributed by atoms with Crippen molar-refractivity contribution in [2.45, 2.75) is 59.1 Å². The van der Waals surface area contributed by atoms with Crippen molar-refractivity contribution in [1.82, 2.24) is 10.6 Å². The molecule has 3 amide bonds. The number of Topliss-reactive ketones (excluding diaryl/α,β-unsaturated/α-hetero) is 2. The second-order valence-corrected chi connectivity index (χ2v) is 11.7. The number of benzene rings is 3. The second-order valence-electron chi connectivity index (χ2n) is 11.7. The number of fused-ring (bicyclic) bond motifs is 1. The van der Waals surface area contributed by atoms with Gasteiger partial charge in [0.15, 0.2) is 5.78 Å². The summed E-state index contributed by atoms with van der Waals surface area (Å²) in [5.74, 6) is -5.69. The largest absolute Gasteiger partial charge is 0.461 e. The summed E-state index contributed by atoms with van der Waals surface area (Å²) in [5.41, 5.74) is 7.22. The van der Waals surface area contributed by atoms with Crippen LogP contribution < -0.4 is 16.4 Å². The maximum absolute atomic E-state index is 13.0. The van der Waals surface area contributed by atoms with Crippen molar-refractivity contribution >= 4 is 46.0 Å². The van der Waals surface area contributed by atoms with Crippen molar-refractivity contribution in [1.29, 1.82) is 0 Å². The van der Waals surface area contributed by atoms with E-state index >= 15 is 0 Å². The first-order valence-corrected chi connectivity index (χ1v) is 15.0. The average Bonchev–Trinajstić information content (AvgIpc) is 3.01. The molecular formula is C35H41N3O7. The molecule has 0 aliphatic rings. The maximum atomic E-state index is 13.0. The standard InChI is InChI=1S/C35H41N3O7/c1-22(2)15-29(19-31(40)45-21-24-9-5-4-6-10-24)34(43)38-23(3)32(41)35(44)37-20-30(39)18-28(33(36)42)17-25-13-14-26-11-7-8-12-27(26)16-25/h4-14,16,22-23,28-29H,15,17-21H2,1-3H3,(H2,36,42)(H,37,44)(H,38,43)/t23?,28-,29-/m1/s1. The minimum atomic E-state index is -1.20. The van der Waals surface area contributed by atoms with Gasteiger partial charge in [-0.15, -0.1) is 0 Å². The van der Waals surface area contributed by atoms with Crippen molar-refractivity contribution < 1.29 is 33.5 Å². The molecule has 238 valence electrons. The van der Waals surface area contributed by atoms with E-state index in [0.717, 1.165) is 21.9 Å². The molecular weight excluding hydrogens is 574 g/mol. The number of carbonyl (C=O) groups excluding carboxylic acids is 6. The summed E-state index contributed by atoms with van der Waals surface area (Å²) >= 11 is 0. The van der Waals surface area contributed by atoms with Gasteiger partial charge in [0.25, 0.3) is 5.91 Å². The summed E-state index contributed by atoms with van der Waals surface area (Å²) in [7, 11) is 0. The highest BCUT2D eigenvalue weighted by Crippen LogP contribution is 2.20. The van der Waals surface area contributed by atoms with E-state index in [1.807, 2.05) is 86.6 Å². The molecule has 3 aromatic carbocycles. The molecule has 0 heterocycles. The maximum Gasteiger partial charge on any atom is 0.306 e. The predicted octanol–water partition coefficient (Wildman–Crippen LogP) is 3.43. The molecule has 1 unspecified atom stereocenters. The Morgan fingerprint density at radius 3 is 2.11 bits per heavy atom. The lowest BCUT2D eigenvalue weighted by Gasteiger charge is -2.20. The molecule has 0 aliphatic carbocycles. The molecule has 4 N–H and O–H groups in total. The van der Waals surface area contributed by atoms with Gasteiger partial charge in [0.1, 0.15) is 6.61 Å². The molecule has 45 heavy (non-hydrogen) atoms. The molecule has 0 saturated heterocycles. The van der Waals surface area contributed by atoms with Gasteiger partial charge in [-0.3, -0.25) is 28.8 Å². The third-order valence-corrected chi connectivity index (χ3v) is 7.38. The zero-order chi connectivity index (χ0) is 32.9. The quantitative estimate of drug-likeness (QED) is 0.155. The minimum Gasteiger partial charge on any atom is -0.461 e. The van der Waals surface area contributed by atoms with Crippen LogP contribution >= 0.6 is 0 Å². The SMILES string of the molecule is CC(C)C[C@H](CC(=O)OCc1ccccc1)C(=O)NC(C)C(=O)C(=O)NCC(=O)C[C@@H](Cc1ccc2ccccc2c1)C(N)=O. The van der Waals surface area contributed by atoms with E-state index in [1.165, 1.54) is 6.92 Å². The topological polar surface area (TPSA) is 162 Å². The Labute approximate surface area is 263 Å². The second kappa shape index (κ2) is 16.8. The average molecular weight is 616 g/mol. The predicted molar refractivity (Wildman–Crippen MR) is 169 cm³/mol. The highest BCUT2D eigenvalue weighted by atomic mass is 16.5. The zero-order valence-corrected chi connectivity index (χ0v) is 25.9. The first-order chi connectivity index (χ1) is 21.4. The fraction of sp³-hybridized carbons (Fsp3) is 0.371. The number of ketones is 2. The Hall–Kier alpha value is -4.86. The summed E-state index contributed by atoms with van der Waals surface area (Å²) in [6, 6.07) is 21.4. The summed E-state index contributed by atoms with van der Waals surface area (Å²) in [6.45, 7) is 4.76. The molecule has 0 radical (unpaired) electrons. The zero-order valence-electron chi connectivity index (χ0n) is 25.9. The molecule has 0 aromatic heterocycles. The highest BCUT2D eigenvalue weighted by Gasteiger charge is 2.29. The van der Waals surface area contributed by atoms with Crippen LogP contribution in [0.15, 0.2) is 72.8 Å². The van der Waals surface area contributed by atoms with Gasteiger partial charge >= 0.3 is 5.97 Å². The smallest absolute Gasteiger partial charge is 0.306 e. The van der Waals surface area contributed by atoms with E-state index in [2.05, 4.69) is 10.6 Å². The van der Waals surface area contributed by atoms with E-state index in [9.17, 15) is 28.8 Å². The first kappa shape index (κ1) is 34.6. The van der Waals surface area contributed by atoms with E-state index in [-0.39, 0.29) is 31.8 Å². The van der Waals surface area contributed by atoms with Crippen LogP contribution in [0.1, 0.15) is 51.2 Å². The summed E-state index contributed by atoms with van der Waals surface area (Å²) in [4.78, 5) is 75.4. The Balaban J connectivity index is 1.48. The number of hydrogen-bond acceptors (Lipinski definition) is 7. The lowest BCUT2D eigenvalue weighted by Crippen LogP contribution is -2.48. The number of esters is 1. The number of amides is 3. The van der Waals surface area contributed by atoms with Gasteiger partial charge < -0.3 is 21.1 Å². The molecule has 3 aromatic rings. The number of ether oxygens (including phenoxy) is 1. The van der Waals surface area contributed by atoms with Gasteiger partial charge in [0, 0.05) is 18.3 Å². The van der Waals surface area contributed by atoms with Crippen molar-refractivity contribution in [2.24, 2.45) is 23.5 Å². The van der Waals surface area contributed by atoms with Crippen LogP contribution in [0.4, 0.5) is 0 Å². The van der Waals surface area contributed by atoms with Crippen LogP contribution in [0, 0.1) is 17.8 Å². The molecule has 0 aliphatic heterocycles. The molecule has 3 atom stereocenters. The summed E-state index contributed by atoms with van der Waals surface area (Å²) < 4.78 is 5.32.